The van der Waals surface area contributed by atoms with Crippen LogP contribution in [-0.2, 0) is 4.79 Å². The summed E-state index contributed by atoms with van der Waals surface area (Å²) in [5.74, 6) is -0.111. The van der Waals surface area contributed by atoms with Gasteiger partial charge in [-0.3, -0.25) is 4.79 Å². The third-order valence-corrected chi connectivity index (χ3v) is 3.11. The topological polar surface area (TPSA) is 72.9 Å². The van der Waals surface area contributed by atoms with Gasteiger partial charge in [0.05, 0.1) is 11.2 Å². The highest BCUT2D eigenvalue weighted by Gasteiger charge is 2.45. The molecule has 1 aliphatic rings. The molecule has 3 rings (SSSR count). The molecule has 0 radical (unpaired) electrons. The van der Waals surface area contributed by atoms with Crippen molar-refractivity contribution in [2.24, 2.45) is 5.73 Å². The van der Waals surface area contributed by atoms with E-state index in [-0.39, 0.29) is 5.91 Å². The fraction of sp³-hybridized carbons (Fsp3) is 0.231. The van der Waals surface area contributed by atoms with Crippen molar-refractivity contribution in [1.82, 2.24) is 9.78 Å². The Bertz CT molecular complexity index is 572. The third-order valence-electron chi connectivity index (χ3n) is 3.11. The SMILES string of the molecule is NC1(C(=O)Nc2cccc(-n3cccn3)c2)CC1. The highest BCUT2D eigenvalue weighted by atomic mass is 16.2. The Labute approximate surface area is 105 Å². The first-order valence-corrected chi connectivity index (χ1v) is 5.88. The van der Waals surface area contributed by atoms with Crippen LogP contribution >= 0.6 is 0 Å². The van der Waals surface area contributed by atoms with Crippen LogP contribution in [0.1, 0.15) is 12.8 Å². The molecule has 1 aromatic carbocycles. The Morgan fingerprint density at radius 1 is 1.39 bits per heavy atom. The summed E-state index contributed by atoms with van der Waals surface area (Å²) in [4.78, 5) is 11.8. The van der Waals surface area contributed by atoms with Crippen LogP contribution in [0, 0.1) is 0 Å². The summed E-state index contributed by atoms with van der Waals surface area (Å²) in [6.45, 7) is 0. The van der Waals surface area contributed by atoms with E-state index in [0.29, 0.717) is 0 Å². The zero-order valence-corrected chi connectivity index (χ0v) is 9.84. The van der Waals surface area contributed by atoms with E-state index < -0.39 is 5.54 Å². The Balaban J connectivity index is 1.81. The van der Waals surface area contributed by atoms with Crippen LogP contribution in [0.2, 0.25) is 0 Å². The quantitative estimate of drug-likeness (QED) is 0.852. The Hall–Kier alpha value is -2.14. The lowest BCUT2D eigenvalue weighted by Crippen LogP contribution is -2.37. The van der Waals surface area contributed by atoms with Crippen molar-refractivity contribution in [2.45, 2.75) is 18.4 Å². The van der Waals surface area contributed by atoms with Gasteiger partial charge in [0.25, 0.3) is 0 Å². The van der Waals surface area contributed by atoms with Crippen LogP contribution < -0.4 is 11.1 Å². The first-order valence-electron chi connectivity index (χ1n) is 5.88. The van der Waals surface area contributed by atoms with Crippen molar-refractivity contribution in [3.63, 3.8) is 0 Å². The molecule has 0 unspecified atom stereocenters. The van der Waals surface area contributed by atoms with Crippen LogP contribution in [0.5, 0.6) is 0 Å². The maximum atomic E-state index is 11.8. The number of carbonyl (C=O) groups is 1. The molecule has 0 aliphatic heterocycles. The second-order valence-corrected chi connectivity index (χ2v) is 4.61. The summed E-state index contributed by atoms with van der Waals surface area (Å²) in [5, 5.41) is 6.99. The van der Waals surface area contributed by atoms with Crippen LogP contribution in [0.15, 0.2) is 42.7 Å². The summed E-state index contributed by atoms with van der Waals surface area (Å²) < 4.78 is 1.74. The van der Waals surface area contributed by atoms with Gasteiger partial charge in [-0.15, -0.1) is 0 Å². The van der Waals surface area contributed by atoms with Crippen molar-refractivity contribution in [3.8, 4) is 5.69 Å². The van der Waals surface area contributed by atoms with E-state index in [0.717, 1.165) is 24.2 Å². The molecule has 1 heterocycles. The van der Waals surface area contributed by atoms with Gasteiger partial charge in [0.1, 0.15) is 0 Å². The smallest absolute Gasteiger partial charge is 0.244 e. The second-order valence-electron chi connectivity index (χ2n) is 4.61. The lowest BCUT2D eigenvalue weighted by molar-refractivity contribution is -0.118. The first kappa shape index (κ1) is 11.0. The van der Waals surface area contributed by atoms with Gasteiger partial charge in [0.15, 0.2) is 0 Å². The molecule has 0 atom stereocenters. The lowest BCUT2D eigenvalue weighted by atomic mass is 10.2. The zero-order chi connectivity index (χ0) is 12.6. The first-order chi connectivity index (χ1) is 8.67. The number of amides is 1. The van der Waals surface area contributed by atoms with Gasteiger partial charge < -0.3 is 11.1 Å². The van der Waals surface area contributed by atoms with Gasteiger partial charge in [-0.1, -0.05) is 6.07 Å². The summed E-state index contributed by atoms with van der Waals surface area (Å²) in [6.07, 6.45) is 5.09. The van der Waals surface area contributed by atoms with Crippen molar-refractivity contribution < 1.29 is 4.79 Å². The molecule has 0 saturated heterocycles. The molecule has 18 heavy (non-hydrogen) atoms. The average Bonchev–Trinajstić information content (AvgIpc) is 2.93. The minimum absolute atomic E-state index is 0.111. The zero-order valence-electron chi connectivity index (χ0n) is 9.84. The molecule has 3 N–H and O–H groups in total. The van der Waals surface area contributed by atoms with E-state index in [1.165, 1.54) is 0 Å². The Morgan fingerprint density at radius 2 is 2.22 bits per heavy atom. The molecule has 1 amide bonds. The van der Waals surface area contributed by atoms with Crippen LogP contribution in [0.25, 0.3) is 5.69 Å². The molecular weight excluding hydrogens is 228 g/mol. The van der Waals surface area contributed by atoms with Crippen molar-refractivity contribution in [1.29, 1.82) is 0 Å². The number of nitrogens with two attached hydrogens (primary N) is 1. The van der Waals surface area contributed by atoms with Crippen LogP contribution in [0.3, 0.4) is 0 Å². The van der Waals surface area contributed by atoms with Gasteiger partial charge in [-0.25, -0.2) is 4.68 Å². The van der Waals surface area contributed by atoms with Crippen molar-refractivity contribution in [2.75, 3.05) is 5.32 Å². The maximum Gasteiger partial charge on any atom is 0.244 e. The van der Waals surface area contributed by atoms with Gasteiger partial charge in [-0.2, -0.15) is 5.10 Å². The number of anilines is 1. The molecule has 1 aromatic heterocycles. The summed E-state index contributed by atoms with van der Waals surface area (Å²) in [5.41, 5.74) is 6.83. The molecule has 92 valence electrons. The molecular formula is C13H14N4O. The molecule has 1 fully saturated rings. The predicted octanol–water partition coefficient (Wildman–Crippen LogP) is 1.30. The van der Waals surface area contributed by atoms with Crippen molar-refractivity contribution >= 4 is 11.6 Å². The number of rotatable bonds is 3. The van der Waals surface area contributed by atoms with Crippen molar-refractivity contribution in [3.05, 3.63) is 42.7 Å². The predicted molar refractivity (Wildman–Crippen MR) is 68.3 cm³/mol. The average molecular weight is 242 g/mol. The third kappa shape index (κ3) is 2.00. The van der Waals surface area contributed by atoms with Gasteiger partial charge in [0.2, 0.25) is 5.91 Å². The number of benzene rings is 1. The Kier molecular flexibility index (Phi) is 2.41. The molecule has 1 saturated carbocycles. The second kappa shape index (κ2) is 3.96. The molecule has 5 heteroatoms. The van der Waals surface area contributed by atoms with Gasteiger partial charge >= 0.3 is 0 Å². The summed E-state index contributed by atoms with van der Waals surface area (Å²) in [7, 11) is 0. The highest BCUT2D eigenvalue weighted by molar-refractivity contribution is 6.00. The Morgan fingerprint density at radius 3 is 2.89 bits per heavy atom. The minimum Gasteiger partial charge on any atom is -0.324 e. The number of hydrogen-bond donors (Lipinski definition) is 2. The van der Waals surface area contributed by atoms with Gasteiger partial charge in [0, 0.05) is 18.1 Å². The van der Waals surface area contributed by atoms with Crippen LogP contribution in [0.4, 0.5) is 5.69 Å². The monoisotopic (exact) mass is 242 g/mol. The molecule has 1 aliphatic carbocycles. The summed E-state index contributed by atoms with van der Waals surface area (Å²) in [6, 6.07) is 9.37. The van der Waals surface area contributed by atoms with E-state index in [9.17, 15) is 4.79 Å². The minimum atomic E-state index is -0.651. The molecule has 0 bridgehead atoms. The van der Waals surface area contributed by atoms with Gasteiger partial charge in [-0.05, 0) is 37.1 Å². The van der Waals surface area contributed by atoms with E-state index in [1.54, 1.807) is 10.9 Å². The standard InChI is InChI=1S/C13H14N4O/c14-13(5-6-13)12(18)16-10-3-1-4-11(9-10)17-8-2-7-15-17/h1-4,7-9H,5-6,14H2,(H,16,18). The molecule has 5 nitrogen and oxygen atoms in total. The fourth-order valence-corrected chi connectivity index (χ4v) is 1.77. The maximum absolute atomic E-state index is 11.8. The number of aromatic nitrogens is 2. The highest BCUT2D eigenvalue weighted by Crippen LogP contribution is 2.33. The van der Waals surface area contributed by atoms with E-state index >= 15 is 0 Å². The number of nitrogens with zero attached hydrogens (tertiary/aromatic N) is 2. The molecule has 0 spiro atoms. The summed E-state index contributed by atoms with van der Waals surface area (Å²) >= 11 is 0. The van der Waals surface area contributed by atoms with Crippen LogP contribution in [-0.4, -0.2) is 21.2 Å². The van der Waals surface area contributed by atoms with E-state index in [1.807, 2.05) is 36.5 Å². The number of carbonyl (C=O) groups excluding carboxylic acids is 1. The number of hydrogen-bond acceptors (Lipinski definition) is 3. The van der Waals surface area contributed by atoms with E-state index in [2.05, 4.69) is 10.4 Å². The number of nitrogens with one attached hydrogen (secondary N) is 1. The van der Waals surface area contributed by atoms with E-state index in [4.69, 9.17) is 5.73 Å². The molecule has 2 aromatic rings. The fourth-order valence-electron chi connectivity index (χ4n) is 1.77. The largest absolute Gasteiger partial charge is 0.324 e. The normalized spacial score (nSPS) is 16.3. The lowest BCUT2D eigenvalue weighted by Gasteiger charge is -2.11.